The molecule has 0 saturated heterocycles. The van der Waals surface area contributed by atoms with E-state index in [4.69, 9.17) is 18.6 Å². The van der Waals surface area contributed by atoms with Gasteiger partial charge in [-0.05, 0) is 47.7 Å². The van der Waals surface area contributed by atoms with Crippen molar-refractivity contribution in [2.24, 2.45) is 0 Å². The molecule has 6 rings (SSSR count). The molecule has 0 spiro atoms. The van der Waals surface area contributed by atoms with Gasteiger partial charge in [-0.15, -0.1) is 0 Å². The first kappa shape index (κ1) is 44.8. The van der Waals surface area contributed by atoms with Crippen molar-refractivity contribution in [2.75, 3.05) is 0 Å². The smallest absolute Gasteiger partial charge is 0.0136 e. The Morgan fingerprint density at radius 3 is 0.739 bits per heavy atom. The summed E-state index contributed by atoms with van der Waals surface area (Å²) < 4.78 is 30.0. The van der Waals surface area contributed by atoms with E-state index in [1.165, 1.54) is 31.8 Å². The summed E-state index contributed by atoms with van der Waals surface area (Å²) in [7, 11) is -0.818. The van der Waals surface area contributed by atoms with Crippen molar-refractivity contribution < 1.29 is 53.0 Å². The van der Waals surface area contributed by atoms with E-state index in [1.807, 2.05) is 0 Å². The van der Waals surface area contributed by atoms with Crippen molar-refractivity contribution >= 4 is 37.1 Å². The van der Waals surface area contributed by atoms with Gasteiger partial charge in [0, 0.05) is 47.3 Å². The molecule has 0 unspecified atom stereocenters. The topological polar surface area (TPSA) is 79.6 Å². The SMILES string of the molecule is [C-]#[O+].[C-]#[O+].[C-]#[O+].[C-]#[O+].[CH]1C=CC=C1P(c1ccccc1)c1ccccc1.[CH]1C=CC=C1P(c1ccccc1)c1ccccc1.[Cr].[Fe]. The Morgan fingerprint density at radius 1 is 0.348 bits per heavy atom. The first-order chi connectivity index (χ1) is 21.9. The predicted octanol–water partition coefficient (Wildman–Crippen LogP) is 7.40. The van der Waals surface area contributed by atoms with Crippen LogP contribution in [0.2, 0.25) is 0 Å². The molecule has 2 radical (unpaired) electrons. The average molecular weight is 718 g/mol. The third-order valence-electron chi connectivity index (χ3n) is 5.86. The number of rotatable bonds is 6. The van der Waals surface area contributed by atoms with Crippen LogP contribution in [0.4, 0.5) is 0 Å². The summed E-state index contributed by atoms with van der Waals surface area (Å²) in [5.74, 6) is 0. The van der Waals surface area contributed by atoms with Crippen molar-refractivity contribution in [3.8, 4) is 0 Å². The van der Waals surface area contributed by atoms with Crippen LogP contribution in [0.3, 0.4) is 0 Å². The molecule has 0 fully saturated rings. The van der Waals surface area contributed by atoms with Crippen LogP contribution in [0, 0.1) is 39.4 Å². The van der Waals surface area contributed by atoms with Crippen LogP contribution >= 0.6 is 15.8 Å². The molecule has 4 nitrogen and oxygen atoms in total. The fourth-order valence-electron chi connectivity index (χ4n) is 4.23. The molecule has 0 N–H and O–H groups in total. The largest absolute Gasteiger partial charge is 0.0760 e. The van der Waals surface area contributed by atoms with Gasteiger partial charge in [0.2, 0.25) is 0 Å². The molecule has 0 bridgehead atoms. The normalized spacial score (nSPS) is 11.1. The van der Waals surface area contributed by atoms with Crippen molar-refractivity contribution in [1.82, 2.24) is 0 Å². The first-order valence-corrected chi connectivity index (χ1v) is 15.6. The van der Waals surface area contributed by atoms with E-state index in [9.17, 15) is 0 Å². The number of hydrogen-bond donors (Lipinski definition) is 0. The van der Waals surface area contributed by atoms with Gasteiger partial charge in [-0.2, -0.15) is 0 Å². The number of allylic oxidation sites excluding steroid dienone is 8. The van der Waals surface area contributed by atoms with Crippen molar-refractivity contribution in [3.63, 3.8) is 0 Å². The van der Waals surface area contributed by atoms with E-state index in [0.29, 0.717) is 0 Å². The molecule has 0 heterocycles. The maximum Gasteiger partial charge on any atom is 0.0136 e. The molecular weight excluding hydrogens is 690 g/mol. The summed E-state index contributed by atoms with van der Waals surface area (Å²) in [6.07, 6.45) is 17.4. The Hall–Kier alpha value is -3.29. The minimum Gasteiger partial charge on any atom is -0.0760 e. The molecule has 0 saturated carbocycles. The second kappa shape index (κ2) is 29.1. The van der Waals surface area contributed by atoms with E-state index in [-0.39, 0.29) is 34.4 Å². The second-order valence-electron chi connectivity index (χ2n) is 8.30. The van der Waals surface area contributed by atoms with Crippen molar-refractivity contribution in [1.29, 1.82) is 0 Å². The van der Waals surface area contributed by atoms with E-state index >= 15 is 0 Å². The van der Waals surface area contributed by atoms with Gasteiger partial charge in [-0.25, -0.2) is 0 Å². The molecule has 4 aromatic rings. The van der Waals surface area contributed by atoms with Gasteiger partial charge in [-0.3, -0.25) is 0 Å². The van der Waals surface area contributed by atoms with Gasteiger partial charge in [-0.1, -0.05) is 158 Å². The molecule has 4 aromatic carbocycles. The molecule has 0 atom stereocenters. The van der Waals surface area contributed by atoms with E-state index in [2.05, 4.69) is 197 Å². The maximum absolute atomic E-state index is 7.50. The van der Waals surface area contributed by atoms with Gasteiger partial charge in [0.05, 0.1) is 0 Å². The second-order valence-corrected chi connectivity index (χ2v) is 12.7. The zero-order valence-corrected chi connectivity index (χ0v) is 28.6. The Morgan fingerprint density at radius 2 is 0.565 bits per heavy atom. The number of hydrogen-bond acceptors (Lipinski definition) is 0. The monoisotopic (exact) mass is 718 g/mol. The number of benzene rings is 4. The molecular formula is C38H28CrFeO4P2. The quantitative estimate of drug-likeness (QED) is 0.0863. The van der Waals surface area contributed by atoms with E-state index in [0.717, 1.165) is 0 Å². The van der Waals surface area contributed by atoms with Gasteiger partial charge in [0.25, 0.3) is 0 Å². The molecule has 0 aliphatic heterocycles. The first-order valence-electron chi connectivity index (χ1n) is 13.0. The van der Waals surface area contributed by atoms with Gasteiger partial charge in [0.15, 0.2) is 0 Å². The average Bonchev–Trinajstić information content (AvgIpc) is 3.87. The summed E-state index contributed by atoms with van der Waals surface area (Å²) in [4.78, 5) is 0. The summed E-state index contributed by atoms with van der Waals surface area (Å²) in [5, 5.41) is 8.47. The fraction of sp³-hybridized carbons (Fsp3) is 0. The van der Waals surface area contributed by atoms with Crippen LogP contribution in [0.5, 0.6) is 0 Å². The Kier molecular flexibility index (Phi) is 28.4. The molecule has 2 aliphatic carbocycles. The van der Waals surface area contributed by atoms with Crippen LogP contribution in [-0.4, -0.2) is 0 Å². The molecule has 46 heavy (non-hydrogen) atoms. The van der Waals surface area contributed by atoms with Crippen LogP contribution in [0.25, 0.3) is 0 Å². The standard InChI is InChI=1S/2C17H14P.4CO.Cr.Fe/c2*1-3-9-15(10-4-1)18(17-13-7-8-14-17)16-11-5-2-6-12-16;4*1-2;;/h2*1-14H;;;;;;. The summed E-state index contributed by atoms with van der Waals surface area (Å²) in [5.41, 5.74) is 0. The third-order valence-corrected chi connectivity index (χ3v) is 10.8. The molecule has 0 amide bonds. The minimum absolute atomic E-state index is 0. The molecule has 8 heteroatoms. The van der Waals surface area contributed by atoms with Gasteiger partial charge < -0.3 is 0 Å². The maximum atomic E-state index is 7.50. The minimum atomic E-state index is -0.409. The summed E-state index contributed by atoms with van der Waals surface area (Å²) in [6.45, 7) is 18.0. The molecule has 228 valence electrons. The van der Waals surface area contributed by atoms with E-state index < -0.39 is 15.8 Å². The van der Waals surface area contributed by atoms with Crippen molar-refractivity contribution in [2.45, 2.75) is 0 Å². The zero-order valence-electron chi connectivity index (χ0n) is 24.5. The third kappa shape index (κ3) is 14.4. The predicted molar refractivity (Wildman–Crippen MR) is 177 cm³/mol. The summed E-state index contributed by atoms with van der Waals surface area (Å²) >= 11 is 0. The Bertz CT molecular complexity index is 1350. The van der Waals surface area contributed by atoms with Gasteiger partial charge >= 0.3 is 45.2 Å². The Labute approximate surface area is 296 Å². The van der Waals surface area contributed by atoms with Crippen LogP contribution < -0.4 is 21.2 Å². The van der Waals surface area contributed by atoms with Crippen LogP contribution in [-0.2, 0) is 53.0 Å². The molecule has 0 aromatic heterocycles. The fourth-order valence-corrected chi connectivity index (χ4v) is 8.84. The zero-order chi connectivity index (χ0) is 32.4. The van der Waals surface area contributed by atoms with Gasteiger partial charge in [0.1, 0.15) is 0 Å². The van der Waals surface area contributed by atoms with Crippen LogP contribution in [0.1, 0.15) is 0 Å². The van der Waals surface area contributed by atoms with Crippen LogP contribution in [0.15, 0.2) is 168 Å². The van der Waals surface area contributed by atoms with E-state index in [1.54, 1.807) is 0 Å². The Balaban J connectivity index is 0. The summed E-state index contributed by atoms with van der Waals surface area (Å²) in [6, 6.07) is 43.1. The van der Waals surface area contributed by atoms with Crippen molar-refractivity contribution in [3.05, 3.63) is 208 Å². The molecule has 2 aliphatic rings.